The number of carbonyl (C=O) groups is 2. The van der Waals surface area contributed by atoms with Crippen molar-refractivity contribution in [2.75, 3.05) is 6.61 Å². The molecule has 0 bridgehead atoms. The van der Waals surface area contributed by atoms with Gasteiger partial charge in [-0.15, -0.1) is 0 Å². The molecule has 4 rings (SSSR count). The Balaban J connectivity index is 1.73. The SMILES string of the molecule is O=C1OCC(Cc2ccccc2)N1C(=O)[C@H](c1ccc(Cl)cc1F)[C@H](O)c1cccc(Cl)c1. The second-order valence-electron chi connectivity index (χ2n) is 7.77. The van der Waals surface area contributed by atoms with Crippen molar-refractivity contribution in [2.45, 2.75) is 24.5 Å². The number of cyclic esters (lactones) is 1. The number of benzene rings is 3. The fourth-order valence-corrected chi connectivity index (χ4v) is 4.35. The Morgan fingerprint density at radius 2 is 1.79 bits per heavy atom. The summed E-state index contributed by atoms with van der Waals surface area (Å²) >= 11 is 12.0. The minimum atomic E-state index is -1.47. The van der Waals surface area contributed by atoms with Crippen LogP contribution in [0.2, 0.25) is 10.0 Å². The van der Waals surface area contributed by atoms with E-state index in [1.807, 2.05) is 30.3 Å². The third-order valence-corrected chi connectivity index (χ3v) is 6.05. The Morgan fingerprint density at radius 1 is 1.06 bits per heavy atom. The van der Waals surface area contributed by atoms with Gasteiger partial charge in [-0.1, -0.05) is 71.7 Å². The molecule has 3 aromatic carbocycles. The van der Waals surface area contributed by atoms with Gasteiger partial charge in [-0.25, -0.2) is 14.1 Å². The van der Waals surface area contributed by atoms with E-state index < -0.39 is 35.9 Å². The van der Waals surface area contributed by atoms with Crippen molar-refractivity contribution >= 4 is 35.2 Å². The van der Waals surface area contributed by atoms with Gasteiger partial charge < -0.3 is 9.84 Å². The van der Waals surface area contributed by atoms with Crippen LogP contribution in [-0.4, -0.2) is 34.7 Å². The number of hydrogen-bond acceptors (Lipinski definition) is 4. The molecule has 0 radical (unpaired) electrons. The standard InChI is InChI=1S/C25H20Cl2FNO4/c26-17-8-4-7-16(12-17)23(30)22(20-10-9-18(27)13-21(20)28)24(31)29-19(14-33-25(29)32)11-15-5-2-1-3-6-15/h1-10,12-13,19,22-23,30H,11,14H2/t19?,22-,23-/m1/s1. The molecule has 8 heteroatoms. The maximum absolute atomic E-state index is 14.9. The molecule has 0 saturated carbocycles. The predicted molar refractivity (Wildman–Crippen MR) is 123 cm³/mol. The van der Waals surface area contributed by atoms with E-state index in [2.05, 4.69) is 0 Å². The van der Waals surface area contributed by atoms with Gasteiger partial charge in [0.25, 0.3) is 0 Å². The molecule has 1 unspecified atom stereocenters. The van der Waals surface area contributed by atoms with Crippen LogP contribution in [-0.2, 0) is 16.0 Å². The van der Waals surface area contributed by atoms with Gasteiger partial charge in [-0.05, 0) is 41.8 Å². The van der Waals surface area contributed by atoms with Crippen molar-refractivity contribution in [1.82, 2.24) is 4.90 Å². The van der Waals surface area contributed by atoms with E-state index in [9.17, 15) is 19.1 Å². The monoisotopic (exact) mass is 487 g/mol. The van der Waals surface area contributed by atoms with E-state index in [4.69, 9.17) is 27.9 Å². The number of aliphatic hydroxyl groups is 1. The van der Waals surface area contributed by atoms with E-state index in [-0.39, 0.29) is 17.2 Å². The van der Waals surface area contributed by atoms with Crippen molar-refractivity contribution in [1.29, 1.82) is 0 Å². The molecule has 0 aliphatic carbocycles. The molecule has 1 saturated heterocycles. The number of hydrogen-bond donors (Lipinski definition) is 1. The van der Waals surface area contributed by atoms with Crippen LogP contribution in [0.3, 0.4) is 0 Å². The first-order valence-corrected chi connectivity index (χ1v) is 11.0. The van der Waals surface area contributed by atoms with Gasteiger partial charge in [0.2, 0.25) is 5.91 Å². The lowest BCUT2D eigenvalue weighted by molar-refractivity contribution is -0.133. The number of aliphatic hydroxyl groups excluding tert-OH is 1. The minimum Gasteiger partial charge on any atom is -0.447 e. The van der Waals surface area contributed by atoms with Crippen molar-refractivity contribution in [3.63, 3.8) is 0 Å². The van der Waals surface area contributed by atoms with Gasteiger partial charge in [0.1, 0.15) is 12.4 Å². The summed E-state index contributed by atoms with van der Waals surface area (Å²) in [4.78, 5) is 27.3. The molecular formula is C25H20Cl2FNO4. The quantitative estimate of drug-likeness (QED) is 0.495. The number of imide groups is 1. The van der Waals surface area contributed by atoms with Crippen LogP contribution < -0.4 is 0 Å². The Bertz CT molecular complexity index is 1170. The van der Waals surface area contributed by atoms with Gasteiger partial charge in [0.15, 0.2) is 0 Å². The zero-order valence-electron chi connectivity index (χ0n) is 17.3. The van der Waals surface area contributed by atoms with Crippen molar-refractivity contribution in [2.24, 2.45) is 0 Å². The molecule has 5 nitrogen and oxygen atoms in total. The molecular weight excluding hydrogens is 468 g/mol. The van der Waals surface area contributed by atoms with Crippen molar-refractivity contribution in [3.8, 4) is 0 Å². The van der Waals surface area contributed by atoms with Gasteiger partial charge in [0, 0.05) is 15.6 Å². The first-order chi connectivity index (χ1) is 15.8. The van der Waals surface area contributed by atoms with Crippen LogP contribution in [0.1, 0.15) is 28.7 Å². The highest BCUT2D eigenvalue weighted by Crippen LogP contribution is 2.37. The first kappa shape index (κ1) is 23.2. The zero-order chi connectivity index (χ0) is 23.5. The second kappa shape index (κ2) is 9.91. The van der Waals surface area contributed by atoms with Gasteiger partial charge in [0.05, 0.1) is 18.1 Å². The average Bonchev–Trinajstić information content (AvgIpc) is 3.15. The molecule has 1 heterocycles. The highest BCUT2D eigenvalue weighted by Gasteiger charge is 2.44. The Labute approximate surface area is 200 Å². The average molecular weight is 488 g/mol. The zero-order valence-corrected chi connectivity index (χ0v) is 18.8. The lowest BCUT2D eigenvalue weighted by Crippen LogP contribution is -2.44. The molecule has 33 heavy (non-hydrogen) atoms. The third-order valence-electron chi connectivity index (χ3n) is 5.58. The lowest BCUT2D eigenvalue weighted by atomic mass is 9.87. The predicted octanol–water partition coefficient (Wildman–Crippen LogP) is 5.54. The molecule has 3 aromatic rings. The largest absolute Gasteiger partial charge is 0.447 e. The first-order valence-electron chi connectivity index (χ1n) is 10.3. The third kappa shape index (κ3) is 5.03. The highest BCUT2D eigenvalue weighted by atomic mass is 35.5. The summed E-state index contributed by atoms with van der Waals surface area (Å²) in [5.41, 5.74) is 1.13. The summed E-state index contributed by atoms with van der Waals surface area (Å²) in [5.74, 6) is -2.97. The highest BCUT2D eigenvalue weighted by molar-refractivity contribution is 6.30. The maximum atomic E-state index is 14.9. The van der Waals surface area contributed by atoms with E-state index in [1.165, 1.54) is 18.2 Å². The summed E-state index contributed by atoms with van der Waals surface area (Å²) in [6.45, 7) is 0.00253. The van der Waals surface area contributed by atoms with E-state index >= 15 is 0 Å². The summed E-state index contributed by atoms with van der Waals surface area (Å²) in [7, 11) is 0. The maximum Gasteiger partial charge on any atom is 0.417 e. The Morgan fingerprint density at radius 3 is 2.48 bits per heavy atom. The Hall–Kier alpha value is -2.93. The van der Waals surface area contributed by atoms with E-state index in [1.54, 1.807) is 18.2 Å². The summed E-state index contributed by atoms with van der Waals surface area (Å²) < 4.78 is 20.1. The summed E-state index contributed by atoms with van der Waals surface area (Å²) in [6.07, 6.45) is -1.95. The molecule has 3 atom stereocenters. The molecule has 1 aliphatic rings. The molecule has 1 N–H and O–H groups in total. The summed E-state index contributed by atoms with van der Waals surface area (Å²) in [5, 5.41) is 11.7. The number of amides is 2. The van der Waals surface area contributed by atoms with Crippen LogP contribution in [0.4, 0.5) is 9.18 Å². The van der Waals surface area contributed by atoms with Gasteiger partial charge >= 0.3 is 6.09 Å². The number of ether oxygens (including phenoxy) is 1. The fraction of sp³-hybridized carbons (Fsp3) is 0.200. The smallest absolute Gasteiger partial charge is 0.417 e. The molecule has 2 amide bonds. The number of rotatable bonds is 6. The van der Waals surface area contributed by atoms with Crippen molar-refractivity contribution < 1.29 is 23.8 Å². The van der Waals surface area contributed by atoms with Crippen LogP contribution in [0.5, 0.6) is 0 Å². The molecule has 0 aromatic heterocycles. The van der Waals surface area contributed by atoms with Gasteiger partial charge in [-0.2, -0.15) is 0 Å². The van der Waals surface area contributed by atoms with Crippen LogP contribution in [0.15, 0.2) is 72.8 Å². The van der Waals surface area contributed by atoms with Crippen LogP contribution >= 0.6 is 23.2 Å². The Kier molecular flexibility index (Phi) is 6.98. The second-order valence-corrected chi connectivity index (χ2v) is 8.64. The minimum absolute atomic E-state index is 0.00253. The fourth-order valence-electron chi connectivity index (χ4n) is 3.99. The van der Waals surface area contributed by atoms with E-state index in [0.29, 0.717) is 17.0 Å². The number of halogens is 3. The molecule has 1 aliphatic heterocycles. The normalized spacial score (nSPS) is 17.5. The van der Waals surface area contributed by atoms with Crippen molar-refractivity contribution in [3.05, 3.63) is 105 Å². The van der Waals surface area contributed by atoms with Crippen LogP contribution in [0.25, 0.3) is 0 Å². The summed E-state index contributed by atoms with van der Waals surface area (Å²) in [6, 6.07) is 18.8. The topological polar surface area (TPSA) is 66.8 Å². The van der Waals surface area contributed by atoms with Crippen LogP contribution in [0, 0.1) is 5.82 Å². The lowest BCUT2D eigenvalue weighted by Gasteiger charge is -2.29. The molecule has 1 fully saturated rings. The number of nitrogens with zero attached hydrogens (tertiary/aromatic N) is 1. The number of carbonyl (C=O) groups excluding carboxylic acids is 2. The molecule has 0 spiro atoms. The molecule has 170 valence electrons. The van der Waals surface area contributed by atoms with Gasteiger partial charge in [-0.3, -0.25) is 4.79 Å². The van der Waals surface area contributed by atoms with E-state index in [0.717, 1.165) is 16.5 Å².